The van der Waals surface area contributed by atoms with Crippen molar-refractivity contribution < 1.29 is 4.74 Å². The Balaban J connectivity index is 2.13. The maximum atomic E-state index is 5.88. The number of ether oxygens (including phenoxy) is 1. The fourth-order valence-corrected chi connectivity index (χ4v) is 2.24. The summed E-state index contributed by atoms with van der Waals surface area (Å²) in [6.07, 6.45) is 2.01. The molecular formula is C17H29ClN4O. The van der Waals surface area contributed by atoms with Crippen LogP contribution in [0.3, 0.4) is 0 Å². The lowest BCUT2D eigenvalue weighted by molar-refractivity contribution is 0.161. The molecule has 0 atom stereocenters. The van der Waals surface area contributed by atoms with Crippen molar-refractivity contribution in [3.8, 4) is 0 Å². The molecule has 0 radical (unpaired) electrons. The van der Waals surface area contributed by atoms with Gasteiger partial charge in [0.25, 0.3) is 0 Å². The molecule has 0 heterocycles. The van der Waals surface area contributed by atoms with Crippen LogP contribution in [0.4, 0.5) is 0 Å². The largest absolute Gasteiger partial charge is 0.383 e. The SMILES string of the molecule is CN=C(NCCCN(C)CCOC)NCCc1ccc(Cl)cc1. The molecule has 130 valence electrons. The van der Waals surface area contributed by atoms with Gasteiger partial charge in [-0.2, -0.15) is 0 Å². The summed E-state index contributed by atoms with van der Waals surface area (Å²) >= 11 is 5.88. The van der Waals surface area contributed by atoms with Gasteiger partial charge in [0.15, 0.2) is 5.96 Å². The van der Waals surface area contributed by atoms with E-state index in [1.165, 1.54) is 5.56 Å². The third-order valence-electron chi connectivity index (χ3n) is 3.53. The standard InChI is InChI=1S/C17H29ClN4O/c1-19-17(20-10-4-12-22(2)13-14-23-3)21-11-9-15-5-7-16(18)8-6-15/h5-8H,4,9-14H2,1-3H3,(H2,19,20,21). The van der Waals surface area contributed by atoms with Crippen LogP contribution in [0.5, 0.6) is 0 Å². The van der Waals surface area contributed by atoms with Crippen molar-refractivity contribution in [2.45, 2.75) is 12.8 Å². The predicted molar refractivity (Wildman–Crippen MR) is 98.5 cm³/mol. The first kappa shape index (κ1) is 19.7. The summed E-state index contributed by atoms with van der Waals surface area (Å²) in [6.45, 7) is 4.52. The summed E-state index contributed by atoms with van der Waals surface area (Å²) in [5, 5.41) is 7.44. The number of nitrogens with one attached hydrogen (secondary N) is 2. The summed E-state index contributed by atoms with van der Waals surface area (Å²) < 4.78 is 5.07. The van der Waals surface area contributed by atoms with Crippen molar-refractivity contribution in [1.82, 2.24) is 15.5 Å². The molecule has 0 fully saturated rings. The number of hydrogen-bond donors (Lipinski definition) is 2. The first-order chi connectivity index (χ1) is 11.2. The Morgan fingerprint density at radius 1 is 1.17 bits per heavy atom. The quantitative estimate of drug-likeness (QED) is 0.388. The van der Waals surface area contributed by atoms with E-state index in [-0.39, 0.29) is 0 Å². The molecule has 1 aromatic carbocycles. The highest BCUT2D eigenvalue weighted by atomic mass is 35.5. The first-order valence-corrected chi connectivity index (χ1v) is 8.40. The minimum Gasteiger partial charge on any atom is -0.383 e. The van der Waals surface area contributed by atoms with E-state index in [2.05, 4.69) is 39.7 Å². The molecule has 2 N–H and O–H groups in total. The average molecular weight is 341 g/mol. The van der Waals surface area contributed by atoms with Crippen LogP contribution in [0, 0.1) is 0 Å². The lowest BCUT2D eigenvalue weighted by Gasteiger charge is -2.17. The smallest absolute Gasteiger partial charge is 0.190 e. The highest BCUT2D eigenvalue weighted by molar-refractivity contribution is 6.30. The number of rotatable bonds is 10. The van der Waals surface area contributed by atoms with Gasteiger partial charge in [-0.1, -0.05) is 23.7 Å². The van der Waals surface area contributed by atoms with Crippen LogP contribution in [0.15, 0.2) is 29.3 Å². The highest BCUT2D eigenvalue weighted by Crippen LogP contribution is 2.09. The zero-order chi connectivity index (χ0) is 16.9. The summed E-state index contributed by atoms with van der Waals surface area (Å²) in [7, 11) is 5.63. The lowest BCUT2D eigenvalue weighted by atomic mass is 10.1. The van der Waals surface area contributed by atoms with Crippen molar-refractivity contribution in [3.05, 3.63) is 34.9 Å². The number of likely N-dealkylation sites (N-methyl/N-ethyl adjacent to an activating group) is 1. The number of methoxy groups -OCH3 is 1. The molecule has 0 aliphatic carbocycles. The van der Waals surface area contributed by atoms with E-state index in [0.717, 1.165) is 56.6 Å². The van der Waals surface area contributed by atoms with Crippen molar-refractivity contribution >= 4 is 17.6 Å². The van der Waals surface area contributed by atoms with Gasteiger partial charge in [0.05, 0.1) is 6.61 Å². The van der Waals surface area contributed by atoms with Crippen molar-refractivity contribution in [3.63, 3.8) is 0 Å². The normalized spacial score (nSPS) is 11.8. The number of aliphatic imine (C=N–C) groups is 1. The van der Waals surface area contributed by atoms with Gasteiger partial charge >= 0.3 is 0 Å². The summed E-state index contributed by atoms with van der Waals surface area (Å²) in [5.74, 6) is 0.846. The van der Waals surface area contributed by atoms with Gasteiger partial charge in [0, 0.05) is 38.8 Å². The Labute approximate surface area is 145 Å². The van der Waals surface area contributed by atoms with Gasteiger partial charge in [-0.05, 0) is 44.1 Å². The van der Waals surface area contributed by atoms with Crippen LogP contribution >= 0.6 is 11.6 Å². The van der Waals surface area contributed by atoms with E-state index < -0.39 is 0 Å². The predicted octanol–water partition coefficient (Wildman–Crippen LogP) is 2.02. The Bertz CT molecular complexity index is 450. The minimum absolute atomic E-state index is 0.773. The molecule has 0 spiro atoms. The van der Waals surface area contributed by atoms with E-state index in [1.54, 1.807) is 14.2 Å². The van der Waals surface area contributed by atoms with Gasteiger partial charge in [-0.3, -0.25) is 4.99 Å². The average Bonchev–Trinajstić information content (AvgIpc) is 2.56. The maximum Gasteiger partial charge on any atom is 0.190 e. The molecule has 23 heavy (non-hydrogen) atoms. The third-order valence-corrected chi connectivity index (χ3v) is 3.78. The first-order valence-electron chi connectivity index (χ1n) is 8.02. The second kappa shape index (κ2) is 12.2. The van der Waals surface area contributed by atoms with Gasteiger partial charge in [-0.25, -0.2) is 0 Å². The number of halogens is 1. The summed E-state index contributed by atoms with van der Waals surface area (Å²) in [4.78, 5) is 6.51. The van der Waals surface area contributed by atoms with E-state index >= 15 is 0 Å². The van der Waals surface area contributed by atoms with Crippen LogP contribution < -0.4 is 10.6 Å². The zero-order valence-corrected chi connectivity index (χ0v) is 15.2. The van der Waals surface area contributed by atoms with Crippen LogP contribution in [0.1, 0.15) is 12.0 Å². The fourth-order valence-electron chi connectivity index (χ4n) is 2.11. The van der Waals surface area contributed by atoms with Crippen molar-refractivity contribution in [1.29, 1.82) is 0 Å². The molecule has 5 nitrogen and oxygen atoms in total. The van der Waals surface area contributed by atoms with E-state index in [4.69, 9.17) is 16.3 Å². The van der Waals surface area contributed by atoms with Gasteiger partial charge in [0.1, 0.15) is 0 Å². The molecule has 0 aromatic heterocycles. The molecule has 0 bridgehead atoms. The second-order valence-corrected chi connectivity index (χ2v) is 5.89. The monoisotopic (exact) mass is 340 g/mol. The van der Waals surface area contributed by atoms with Gasteiger partial charge in [0.2, 0.25) is 0 Å². The molecule has 0 saturated heterocycles. The molecule has 0 saturated carbocycles. The molecule has 0 amide bonds. The molecular weight excluding hydrogens is 312 g/mol. The van der Waals surface area contributed by atoms with E-state index in [1.807, 2.05) is 12.1 Å². The molecule has 0 aliphatic rings. The summed E-state index contributed by atoms with van der Waals surface area (Å²) in [6, 6.07) is 7.94. The van der Waals surface area contributed by atoms with Crippen molar-refractivity contribution in [2.75, 3.05) is 54.0 Å². The molecule has 6 heteroatoms. The van der Waals surface area contributed by atoms with Gasteiger partial charge in [-0.15, -0.1) is 0 Å². The molecule has 0 unspecified atom stereocenters. The molecule has 1 rings (SSSR count). The van der Waals surface area contributed by atoms with Gasteiger partial charge < -0.3 is 20.3 Å². The number of guanidine groups is 1. The van der Waals surface area contributed by atoms with E-state index in [0.29, 0.717) is 0 Å². The number of benzene rings is 1. The Hall–Kier alpha value is -1.30. The topological polar surface area (TPSA) is 48.9 Å². The highest BCUT2D eigenvalue weighted by Gasteiger charge is 2.00. The van der Waals surface area contributed by atoms with Crippen LogP contribution in [-0.4, -0.2) is 64.9 Å². The Morgan fingerprint density at radius 3 is 2.52 bits per heavy atom. The van der Waals surface area contributed by atoms with E-state index in [9.17, 15) is 0 Å². The Morgan fingerprint density at radius 2 is 1.87 bits per heavy atom. The van der Waals surface area contributed by atoms with Crippen molar-refractivity contribution in [2.24, 2.45) is 4.99 Å². The minimum atomic E-state index is 0.773. The number of hydrogen-bond acceptors (Lipinski definition) is 3. The molecule has 0 aliphatic heterocycles. The maximum absolute atomic E-state index is 5.88. The third kappa shape index (κ3) is 9.43. The fraction of sp³-hybridized carbons (Fsp3) is 0.588. The zero-order valence-electron chi connectivity index (χ0n) is 14.4. The number of nitrogens with zero attached hydrogens (tertiary/aromatic N) is 2. The van der Waals surface area contributed by atoms with Crippen LogP contribution in [0.2, 0.25) is 5.02 Å². The Kier molecular flexibility index (Phi) is 10.4. The molecule has 1 aromatic rings. The lowest BCUT2D eigenvalue weighted by Crippen LogP contribution is -2.39. The second-order valence-electron chi connectivity index (χ2n) is 5.45. The summed E-state index contributed by atoms with van der Waals surface area (Å²) in [5.41, 5.74) is 1.26. The van der Waals surface area contributed by atoms with Crippen LogP contribution in [0.25, 0.3) is 0 Å². The van der Waals surface area contributed by atoms with Crippen LogP contribution in [-0.2, 0) is 11.2 Å².